The fraction of sp³-hybridized carbons (Fsp3) is 0.222. The number of benzene rings is 2. The van der Waals surface area contributed by atoms with E-state index in [1.54, 1.807) is 36.4 Å². The lowest BCUT2D eigenvalue weighted by Crippen LogP contribution is -2.24. The van der Waals surface area contributed by atoms with Crippen molar-refractivity contribution in [2.75, 3.05) is 11.9 Å². The minimum Gasteiger partial charge on any atom is -0.352 e. The Morgan fingerprint density at radius 3 is 2.57 bits per heavy atom. The highest BCUT2D eigenvalue weighted by atomic mass is 79.9. The number of amides is 2. The summed E-state index contributed by atoms with van der Waals surface area (Å²) in [6.45, 7) is 2.73. The molecule has 4 nitrogen and oxygen atoms in total. The first-order valence-electron chi connectivity index (χ1n) is 7.56. The third-order valence-corrected chi connectivity index (χ3v) is 4.01. The van der Waals surface area contributed by atoms with Crippen LogP contribution in [0, 0.1) is 0 Å². The van der Waals surface area contributed by atoms with Crippen LogP contribution in [0.4, 0.5) is 5.69 Å². The zero-order chi connectivity index (χ0) is 16.7. The van der Waals surface area contributed by atoms with Crippen LogP contribution in [-0.4, -0.2) is 18.4 Å². The maximum absolute atomic E-state index is 12.3. The summed E-state index contributed by atoms with van der Waals surface area (Å²) < 4.78 is 0.728. The van der Waals surface area contributed by atoms with Crippen molar-refractivity contribution < 1.29 is 9.59 Å². The van der Waals surface area contributed by atoms with Crippen molar-refractivity contribution in [3.63, 3.8) is 0 Å². The van der Waals surface area contributed by atoms with Gasteiger partial charge in [-0.15, -0.1) is 0 Å². The van der Waals surface area contributed by atoms with Crippen LogP contribution in [0.5, 0.6) is 0 Å². The van der Waals surface area contributed by atoms with E-state index in [1.807, 2.05) is 12.1 Å². The lowest BCUT2D eigenvalue weighted by Gasteiger charge is -2.09. The molecule has 120 valence electrons. The fourth-order valence-electron chi connectivity index (χ4n) is 2.06. The third-order valence-electron chi connectivity index (χ3n) is 3.32. The lowest BCUT2D eigenvalue weighted by molar-refractivity contribution is 0.0951. The van der Waals surface area contributed by atoms with Crippen LogP contribution in [0.1, 0.15) is 40.5 Å². The summed E-state index contributed by atoms with van der Waals surface area (Å²) in [6.07, 6.45) is 1.98. The second kappa shape index (κ2) is 8.48. The van der Waals surface area contributed by atoms with Gasteiger partial charge in [0.15, 0.2) is 0 Å². The fourth-order valence-corrected chi connectivity index (χ4v) is 2.53. The predicted octanol–water partition coefficient (Wildman–Crippen LogP) is 4.23. The molecule has 0 bridgehead atoms. The minimum atomic E-state index is -0.221. The molecule has 0 fully saturated rings. The van der Waals surface area contributed by atoms with Crippen molar-refractivity contribution in [1.82, 2.24) is 5.32 Å². The molecule has 0 saturated heterocycles. The van der Waals surface area contributed by atoms with E-state index >= 15 is 0 Å². The zero-order valence-electron chi connectivity index (χ0n) is 12.9. The van der Waals surface area contributed by atoms with E-state index in [1.165, 1.54) is 0 Å². The number of hydrogen-bond donors (Lipinski definition) is 2. The topological polar surface area (TPSA) is 58.2 Å². The molecule has 0 heterocycles. The summed E-state index contributed by atoms with van der Waals surface area (Å²) in [6, 6.07) is 14.1. The minimum absolute atomic E-state index is 0.129. The van der Waals surface area contributed by atoms with E-state index < -0.39 is 0 Å². The number of unbranched alkanes of at least 4 members (excludes halogenated alkanes) is 1. The number of carbonyl (C=O) groups excluding carboxylic acids is 2. The first kappa shape index (κ1) is 17.2. The Hall–Kier alpha value is -2.14. The van der Waals surface area contributed by atoms with Gasteiger partial charge in [0.2, 0.25) is 0 Å². The van der Waals surface area contributed by atoms with Crippen molar-refractivity contribution in [2.45, 2.75) is 19.8 Å². The maximum Gasteiger partial charge on any atom is 0.256 e. The van der Waals surface area contributed by atoms with Gasteiger partial charge in [0, 0.05) is 22.3 Å². The maximum atomic E-state index is 12.3. The third kappa shape index (κ3) is 4.93. The van der Waals surface area contributed by atoms with Crippen molar-refractivity contribution in [3.8, 4) is 0 Å². The molecule has 0 aliphatic carbocycles. The number of anilines is 1. The van der Waals surface area contributed by atoms with Gasteiger partial charge >= 0.3 is 0 Å². The second-order valence-corrected chi connectivity index (χ2v) is 5.98. The first-order valence-corrected chi connectivity index (χ1v) is 8.35. The SMILES string of the molecule is CCCCNC(=O)c1cccc(NC(=O)c2ccccc2Br)c1. The molecule has 2 amide bonds. The molecule has 0 atom stereocenters. The van der Waals surface area contributed by atoms with E-state index in [-0.39, 0.29) is 11.8 Å². The second-order valence-electron chi connectivity index (χ2n) is 5.12. The Morgan fingerprint density at radius 2 is 1.83 bits per heavy atom. The van der Waals surface area contributed by atoms with Gasteiger partial charge in [-0.1, -0.05) is 31.5 Å². The largest absolute Gasteiger partial charge is 0.352 e. The van der Waals surface area contributed by atoms with E-state index in [2.05, 4.69) is 33.5 Å². The first-order chi connectivity index (χ1) is 11.1. The Kier molecular flexibility index (Phi) is 6.35. The molecule has 0 unspecified atom stereocenters. The van der Waals surface area contributed by atoms with Crippen LogP contribution in [0.3, 0.4) is 0 Å². The average molecular weight is 375 g/mol. The molecule has 2 aromatic carbocycles. The standard InChI is InChI=1S/C18H19BrN2O2/c1-2-3-11-20-17(22)13-7-6-8-14(12-13)21-18(23)15-9-4-5-10-16(15)19/h4-10,12H,2-3,11H2,1H3,(H,20,22)(H,21,23). The van der Waals surface area contributed by atoms with Crippen LogP contribution in [0.2, 0.25) is 0 Å². The molecule has 0 aliphatic rings. The number of halogens is 1. The number of carbonyl (C=O) groups is 2. The molecule has 5 heteroatoms. The van der Waals surface area contributed by atoms with Gasteiger partial charge in [0.1, 0.15) is 0 Å². The summed E-state index contributed by atoms with van der Waals surface area (Å²) in [4.78, 5) is 24.3. The van der Waals surface area contributed by atoms with Gasteiger partial charge in [-0.2, -0.15) is 0 Å². The molecule has 0 saturated carbocycles. The van der Waals surface area contributed by atoms with Crippen LogP contribution < -0.4 is 10.6 Å². The average Bonchev–Trinajstić information content (AvgIpc) is 2.55. The Labute approximate surface area is 144 Å². The van der Waals surface area contributed by atoms with Gasteiger partial charge < -0.3 is 10.6 Å². The monoisotopic (exact) mass is 374 g/mol. The van der Waals surface area contributed by atoms with Crippen molar-refractivity contribution in [1.29, 1.82) is 0 Å². The molecular formula is C18H19BrN2O2. The number of nitrogens with one attached hydrogen (secondary N) is 2. The highest BCUT2D eigenvalue weighted by Gasteiger charge is 2.11. The normalized spacial score (nSPS) is 10.2. The highest BCUT2D eigenvalue weighted by Crippen LogP contribution is 2.18. The van der Waals surface area contributed by atoms with E-state index in [4.69, 9.17) is 0 Å². The molecule has 0 spiro atoms. The zero-order valence-corrected chi connectivity index (χ0v) is 14.5. The molecule has 23 heavy (non-hydrogen) atoms. The van der Waals surface area contributed by atoms with E-state index in [9.17, 15) is 9.59 Å². The Balaban J connectivity index is 2.07. The van der Waals surface area contributed by atoms with E-state index in [0.29, 0.717) is 23.4 Å². The van der Waals surface area contributed by atoms with Crippen molar-refractivity contribution in [3.05, 3.63) is 64.1 Å². The molecule has 2 N–H and O–H groups in total. The summed E-state index contributed by atoms with van der Waals surface area (Å²) >= 11 is 3.36. The quantitative estimate of drug-likeness (QED) is 0.743. The number of rotatable bonds is 6. The summed E-state index contributed by atoms with van der Waals surface area (Å²) in [5.74, 6) is -0.351. The van der Waals surface area contributed by atoms with Gasteiger partial charge in [-0.3, -0.25) is 9.59 Å². The Morgan fingerprint density at radius 1 is 1.04 bits per heavy atom. The van der Waals surface area contributed by atoms with Gasteiger partial charge in [0.05, 0.1) is 5.56 Å². The van der Waals surface area contributed by atoms with Crippen molar-refractivity contribution >= 4 is 33.4 Å². The molecule has 2 rings (SSSR count). The van der Waals surface area contributed by atoms with Crippen LogP contribution in [-0.2, 0) is 0 Å². The molecule has 2 aromatic rings. The van der Waals surface area contributed by atoms with Crippen LogP contribution >= 0.6 is 15.9 Å². The lowest BCUT2D eigenvalue weighted by atomic mass is 10.1. The van der Waals surface area contributed by atoms with Crippen LogP contribution in [0.15, 0.2) is 53.0 Å². The number of hydrogen-bond acceptors (Lipinski definition) is 2. The summed E-state index contributed by atoms with van der Waals surface area (Å²) in [5, 5.41) is 5.67. The van der Waals surface area contributed by atoms with Gasteiger partial charge in [-0.05, 0) is 52.7 Å². The molecular weight excluding hydrogens is 356 g/mol. The summed E-state index contributed by atoms with van der Waals surface area (Å²) in [5.41, 5.74) is 1.67. The van der Waals surface area contributed by atoms with Gasteiger partial charge in [-0.25, -0.2) is 0 Å². The molecule has 0 aliphatic heterocycles. The Bertz CT molecular complexity index is 701. The van der Waals surface area contributed by atoms with Gasteiger partial charge in [0.25, 0.3) is 11.8 Å². The smallest absolute Gasteiger partial charge is 0.256 e. The van der Waals surface area contributed by atoms with E-state index in [0.717, 1.165) is 17.3 Å². The predicted molar refractivity (Wildman–Crippen MR) is 95.8 cm³/mol. The molecule has 0 radical (unpaired) electrons. The summed E-state index contributed by atoms with van der Waals surface area (Å²) in [7, 11) is 0. The van der Waals surface area contributed by atoms with Crippen molar-refractivity contribution in [2.24, 2.45) is 0 Å². The van der Waals surface area contributed by atoms with Crippen LogP contribution in [0.25, 0.3) is 0 Å². The molecule has 0 aromatic heterocycles. The highest BCUT2D eigenvalue weighted by molar-refractivity contribution is 9.10.